The van der Waals surface area contributed by atoms with Crippen LogP contribution < -0.4 is 11.1 Å². The number of nitrogens with zero attached hydrogens (tertiary/aromatic N) is 3. The van der Waals surface area contributed by atoms with Gasteiger partial charge in [-0.2, -0.15) is 4.98 Å². The zero-order chi connectivity index (χ0) is 20.2. The van der Waals surface area contributed by atoms with Crippen LogP contribution in [0.4, 0.5) is 11.8 Å². The van der Waals surface area contributed by atoms with Gasteiger partial charge in [-0.1, -0.05) is 46.8 Å². The van der Waals surface area contributed by atoms with Gasteiger partial charge in [0.15, 0.2) is 0 Å². The van der Waals surface area contributed by atoms with E-state index in [-0.39, 0.29) is 0 Å². The van der Waals surface area contributed by atoms with Crippen LogP contribution in [0, 0.1) is 0 Å². The average Bonchev–Trinajstić information content (AvgIpc) is 2.68. The second kappa shape index (κ2) is 12.0. The quantitative estimate of drug-likeness (QED) is 0.628. The van der Waals surface area contributed by atoms with Gasteiger partial charge in [-0.05, 0) is 50.3 Å². The fourth-order valence-electron chi connectivity index (χ4n) is 2.77. The molecular formula is C22H35N5. The van der Waals surface area contributed by atoms with Gasteiger partial charge in [0.1, 0.15) is 5.82 Å². The molecule has 0 aliphatic rings. The smallest absolute Gasteiger partial charge is 0.221 e. The van der Waals surface area contributed by atoms with E-state index < -0.39 is 0 Å². The molecule has 0 aliphatic carbocycles. The van der Waals surface area contributed by atoms with E-state index >= 15 is 0 Å². The van der Waals surface area contributed by atoms with Crippen molar-refractivity contribution in [1.29, 1.82) is 0 Å². The number of nitrogen functional groups attached to an aromatic ring is 1. The normalized spacial score (nSPS) is 11.3. The van der Waals surface area contributed by atoms with Gasteiger partial charge in [-0.25, -0.2) is 4.98 Å². The van der Waals surface area contributed by atoms with Gasteiger partial charge < -0.3 is 11.1 Å². The molecule has 0 amide bonds. The molecule has 5 heteroatoms. The fraction of sp³-hybridized carbons (Fsp3) is 0.500. The number of aromatic nitrogens is 3. The molecule has 1 atom stereocenters. The number of rotatable bonds is 9. The Hall–Kier alpha value is -2.43. The molecule has 0 radical (unpaired) electrons. The monoisotopic (exact) mass is 369 g/mol. The fourth-order valence-corrected chi connectivity index (χ4v) is 2.77. The van der Waals surface area contributed by atoms with Crippen LogP contribution in [0.5, 0.6) is 0 Å². The second-order valence-electron chi connectivity index (χ2n) is 6.43. The van der Waals surface area contributed by atoms with Crippen LogP contribution in [-0.4, -0.2) is 21.0 Å². The van der Waals surface area contributed by atoms with E-state index in [0.717, 1.165) is 60.4 Å². The van der Waals surface area contributed by atoms with Gasteiger partial charge in [0.2, 0.25) is 5.95 Å². The predicted molar refractivity (Wildman–Crippen MR) is 117 cm³/mol. The maximum Gasteiger partial charge on any atom is 0.221 e. The third-order valence-electron chi connectivity index (χ3n) is 4.25. The summed E-state index contributed by atoms with van der Waals surface area (Å²) in [5, 5.41) is 3.54. The van der Waals surface area contributed by atoms with E-state index in [9.17, 15) is 0 Å². The third-order valence-corrected chi connectivity index (χ3v) is 4.25. The number of hydrogen-bond acceptors (Lipinski definition) is 5. The van der Waals surface area contributed by atoms with Crippen LogP contribution in [0.15, 0.2) is 31.0 Å². The van der Waals surface area contributed by atoms with Gasteiger partial charge in [0.25, 0.3) is 0 Å². The van der Waals surface area contributed by atoms with Gasteiger partial charge in [-0.15, -0.1) is 0 Å². The Morgan fingerprint density at radius 1 is 1.19 bits per heavy atom. The van der Waals surface area contributed by atoms with Crippen LogP contribution >= 0.6 is 0 Å². The van der Waals surface area contributed by atoms with Crippen molar-refractivity contribution in [1.82, 2.24) is 15.0 Å². The second-order valence-corrected chi connectivity index (χ2v) is 6.43. The first kappa shape index (κ1) is 22.6. The van der Waals surface area contributed by atoms with E-state index in [1.165, 1.54) is 0 Å². The molecule has 3 N–H and O–H groups in total. The number of nitrogens with two attached hydrogens (primary N) is 1. The highest BCUT2D eigenvalue weighted by molar-refractivity contribution is 5.57. The van der Waals surface area contributed by atoms with Crippen molar-refractivity contribution >= 4 is 17.3 Å². The minimum Gasteiger partial charge on any atom is -0.368 e. The van der Waals surface area contributed by atoms with E-state index in [2.05, 4.69) is 40.7 Å². The third kappa shape index (κ3) is 7.37. The van der Waals surface area contributed by atoms with Crippen LogP contribution in [-0.2, 0) is 12.8 Å². The Bertz CT molecular complexity index is 712. The summed E-state index contributed by atoms with van der Waals surface area (Å²) < 4.78 is 0. The Balaban J connectivity index is 0.00000176. The number of pyridine rings is 1. The summed E-state index contributed by atoms with van der Waals surface area (Å²) in [6.07, 6.45) is 6.78. The molecule has 2 rings (SSSR count). The molecule has 0 aromatic carbocycles. The number of hydrogen-bond donors (Lipinski definition) is 2. The Morgan fingerprint density at radius 3 is 2.56 bits per heavy atom. The number of allylic oxidation sites excluding steroid dienone is 1. The number of anilines is 2. The lowest BCUT2D eigenvalue weighted by Gasteiger charge is -2.19. The molecular weight excluding hydrogens is 334 g/mol. The topological polar surface area (TPSA) is 76.7 Å². The predicted octanol–water partition coefficient (Wildman–Crippen LogP) is 5.29. The van der Waals surface area contributed by atoms with Crippen LogP contribution in [0.1, 0.15) is 70.8 Å². The van der Waals surface area contributed by atoms with E-state index in [1.54, 1.807) is 0 Å². The maximum atomic E-state index is 5.79. The van der Waals surface area contributed by atoms with Crippen molar-refractivity contribution < 1.29 is 0 Å². The van der Waals surface area contributed by atoms with Crippen molar-refractivity contribution in [3.63, 3.8) is 0 Å². The van der Waals surface area contributed by atoms with Crippen molar-refractivity contribution in [3.8, 4) is 0 Å². The molecule has 0 bridgehead atoms. The van der Waals surface area contributed by atoms with Crippen molar-refractivity contribution in [2.45, 2.75) is 72.8 Å². The molecule has 0 spiro atoms. The van der Waals surface area contributed by atoms with Crippen LogP contribution in [0.3, 0.4) is 0 Å². The highest BCUT2D eigenvalue weighted by Crippen LogP contribution is 2.19. The molecule has 0 aliphatic heterocycles. The van der Waals surface area contributed by atoms with Gasteiger partial charge in [0, 0.05) is 23.5 Å². The molecule has 1 unspecified atom stereocenters. The largest absolute Gasteiger partial charge is 0.368 e. The lowest BCUT2D eigenvalue weighted by atomic mass is 10.1. The molecule has 0 fully saturated rings. The Labute approximate surface area is 164 Å². The first-order chi connectivity index (χ1) is 13.0. The van der Waals surface area contributed by atoms with Crippen LogP contribution in [0.25, 0.3) is 5.57 Å². The first-order valence-electron chi connectivity index (χ1n) is 10.0. The summed E-state index contributed by atoms with van der Waals surface area (Å²) in [5.41, 5.74) is 9.84. The van der Waals surface area contributed by atoms with Crippen molar-refractivity contribution in [2.75, 3.05) is 11.1 Å². The summed E-state index contributed by atoms with van der Waals surface area (Å²) in [6, 6.07) is 6.47. The molecule has 2 heterocycles. The van der Waals surface area contributed by atoms with E-state index in [1.807, 2.05) is 45.2 Å². The highest BCUT2D eigenvalue weighted by atomic mass is 15.1. The minimum absolute atomic E-state index is 0.306. The van der Waals surface area contributed by atoms with Crippen molar-refractivity contribution in [2.24, 2.45) is 0 Å². The maximum absolute atomic E-state index is 5.79. The Kier molecular flexibility index (Phi) is 10.1. The Morgan fingerprint density at radius 2 is 1.93 bits per heavy atom. The lowest BCUT2D eigenvalue weighted by Crippen LogP contribution is -2.20. The summed E-state index contributed by atoms with van der Waals surface area (Å²) in [6.45, 7) is 14.3. The summed E-state index contributed by atoms with van der Waals surface area (Å²) in [4.78, 5) is 13.2. The lowest BCUT2D eigenvalue weighted by molar-refractivity contribution is 0.619. The van der Waals surface area contributed by atoms with E-state index in [4.69, 9.17) is 5.73 Å². The highest BCUT2D eigenvalue weighted by Gasteiger charge is 2.12. The molecule has 2 aromatic rings. The van der Waals surface area contributed by atoms with E-state index in [0.29, 0.717) is 12.0 Å². The average molecular weight is 370 g/mol. The molecule has 27 heavy (non-hydrogen) atoms. The summed E-state index contributed by atoms with van der Waals surface area (Å²) in [7, 11) is 0. The standard InChI is InChI=1S/C20H29N5.C2H6/c1-5-8-16(6-2)24-19-15(13-22-20(21)25-19)11-12-17-9-7-10-18(23-17)14(3)4;1-2/h7,9-10,13,16H,3,5-6,8,11-12H2,1-2,4H3,(H3,21,22,24,25);1-2H3. The molecule has 0 saturated heterocycles. The minimum atomic E-state index is 0.306. The molecule has 148 valence electrons. The SMILES string of the molecule is C=C(C)c1cccc(CCc2cnc(N)nc2NC(CC)CCC)n1.CC. The molecule has 2 aromatic heterocycles. The summed E-state index contributed by atoms with van der Waals surface area (Å²) >= 11 is 0. The zero-order valence-corrected chi connectivity index (χ0v) is 17.5. The molecule has 5 nitrogen and oxygen atoms in total. The van der Waals surface area contributed by atoms with Gasteiger partial charge >= 0.3 is 0 Å². The number of aryl methyl sites for hydroxylation is 2. The molecule has 0 saturated carbocycles. The summed E-state index contributed by atoms with van der Waals surface area (Å²) in [5.74, 6) is 1.16. The van der Waals surface area contributed by atoms with Gasteiger partial charge in [0.05, 0.1) is 5.69 Å². The number of nitrogens with one attached hydrogen (secondary N) is 1. The van der Waals surface area contributed by atoms with Crippen molar-refractivity contribution in [3.05, 3.63) is 47.9 Å². The van der Waals surface area contributed by atoms with Gasteiger partial charge in [-0.3, -0.25) is 4.98 Å². The van der Waals surface area contributed by atoms with Crippen LogP contribution in [0.2, 0.25) is 0 Å². The zero-order valence-electron chi connectivity index (χ0n) is 17.5. The first-order valence-corrected chi connectivity index (χ1v) is 10.0.